The second kappa shape index (κ2) is 20.1. The topological polar surface area (TPSA) is 105 Å². The molecule has 0 aromatic heterocycles. The smallest absolute Gasteiger partial charge is 0.261 e. The van der Waals surface area contributed by atoms with Gasteiger partial charge in [-0.25, -0.2) is 0 Å². The van der Waals surface area contributed by atoms with Crippen molar-refractivity contribution in [3.05, 3.63) is 90.5 Å². The molecule has 0 heterocycles. The third kappa shape index (κ3) is 10.9. The van der Waals surface area contributed by atoms with E-state index in [0.717, 1.165) is 17.7 Å². The molecule has 9 nitrogen and oxygen atoms in total. The molecule has 0 radical (unpaired) electrons. The van der Waals surface area contributed by atoms with Gasteiger partial charge in [0.25, 0.3) is 8.32 Å². The number of hydrogen-bond acceptors (Lipinski definition) is 9. The fourth-order valence-corrected chi connectivity index (χ4v) is 10.7. The van der Waals surface area contributed by atoms with Crippen molar-refractivity contribution in [1.82, 2.24) is 0 Å². The van der Waals surface area contributed by atoms with E-state index in [2.05, 4.69) is 69.3 Å². The summed E-state index contributed by atoms with van der Waals surface area (Å²) in [6, 6.07) is 28.6. The summed E-state index contributed by atoms with van der Waals surface area (Å²) in [6.45, 7) is 9.30. The van der Waals surface area contributed by atoms with Gasteiger partial charge in [0.2, 0.25) is 0 Å². The number of ether oxygens (including phenoxy) is 6. The highest BCUT2D eigenvalue weighted by Crippen LogP contribution is 2.37. The van der Waals surface area contributed by atoms with Crippen molar-refractivity contribution in [2.75, 3.05) is 41.5 Å². The normalized spacial score (nSPS) is 15.4. The Morgan fingerprint density at radius 1 is 0.688 bits per heavy atom. The third-order valence-corrected chi connectivity index (χ3v) is 13.6. The summed E-state index contributed by atoms with van der Waals surface area (Å²) < 4.78 is 40.4. The van der Waals surface area contributed by atoms with Gasteiger partial charge < -0.3 is 43.1 Å². The minimum absolute atomic E-state index is 0.0277. The lowest BCUT2D eigenvalue weighted by Gasteiger charge is -2.43. The Morgan fingerprint density at radius 3 is 1.77 bits per heavy atom. The highest BCUT2D eigenvalue weighted by molar-refractivity contribution is 6.99. The fourth-order valence-electron chi connectivity index (χ4n) is 6.06. The minimum atomic E-state index is -2.65. The van der Waals surface area contributed by atoms with Crippen molar-refractivity contribution in [3.63, 3.8) is 0 Å². The molecular formula is C38H56O9Si. The molecule has 48 heavy (non-hydrogen) atoms. The highest BCUT2D eigenvalue weighted by atomic mass is 28.4. The van der Waals surface area contributed by atoms with E-state index in [4.69, 9.17) is 32.8 Å². The lowest BCUT2D eigenvalue weighted by molar-refractivity contribution is -0.205. The number of hydrogen-bond donors (Lipinski definition) is 2. The maximum Gasteiger partial charge on any atom is 0.261 e. The summed E-state index contributed by atoms with van der Waals surface area (Å²) in [4.78, 5) is 0. The van der Waals surface area contributed by atoms with E-state index in [-0.39, 0.29) is 25.2 Å². The van der Waals surface area contributed by atoms with Crippen molar-refractivity contribution in [1.29, 1.82) is 0 Å². The Hall–Kier alpha value is -2.64. The van der Waals surface area contributed by atoms with Gasteiger partial charge in [0.15, 0.2) is 0 Å². The first-order valence-corrected chi connectivity index (χ1v) is 18.6. The molecule has 10 heteroatoms. The number of aliphatic hydroxyl groups is 2. The SMILES string of the molecule is COCO[C@H]([C@@H](O)[C@@H](O)[C@@H](CCCCO[Si](c1ccccc1)(c1ccccc1)C(C)(C)C)OCOC)[C@H](C)OCc1ccc(OC)cc1. The molecule has 3 rings (SSSR count). The fraction of sp³-hybridized carbons (Fsp3) is 0.526. The van der Waals surface area contributed by atoms with E-state index in [9.17, 15) is 10.2 Å². The summed E-state index contributed by atoms with van der Waals surface area (Å²) in [5.74, 6) is 0.753. The van der Waals surface area contributed by atoms with Crippen LogP contribution in [0.4, 0.5) is 0 Å². The van der Waals surface area contributed by atoms with Gasteiger partial charge in [0, 0.05) is 20.8 Å². The number of rotatable bonds is 22. The van der Waals surface area contributed by atoms with Gasteiger partial charge in [-0.1, -0.05) is 93.6 Å². The molecular weight excluding hydrogens is 628 g/mol. The average Bonchev–Trinajstić information content (AvgIpc) is 3.10. The Morgan fingerprint density at radius 2 is 1.25 bits per heavy atom. The number of aliphatic hydroxyl groups excluding tert-OH is 2. The number of benzene rings is 3. The molecule has 0 fully saturated rings. The molecule has 0 aliphatic heterocycles. The van der Waals surface area contributed by atoms with Crippen molar-refractivity contribution >= 4 is 18.7 Å². The van der Waals surface area contributed by atoms with Gasteiger partial charge in [-0.05, 0) is 59.3 Å². The summed E-state index contributed by atoms with van der Waals surface area (Å²) in [6.07, 6.45) is -2.85. The number of methoxy groups -OCH3 is 3. The van der Waals surface area contributed by atoms with Crippen LogP contribution in [0.5, 0.6) is 5.75 Å². The van der Waals surface area contributed by atoms with Crippen LogP contribution in [0.1, 0.15) is 52.5 Å². The standard InChI is InChI=1S/C38H56O9Si/c1-29(44-26-30-21-23-31(43-7)24-22-30)37(46-28-42-6)36(40)35(39)34(45-27-41-5)20-14-15-25-47-48(38(2,3)4,32-16-10-8-11-17-32)33-18-12-9-13-19-33/h8-13,16-19,21-24,29,34-37,39-40H,14-15,20,25-28H2,1-7H3/t29-,34+,35-,36-,37-/m0/s1. The lowest BCUT2D eigenvalue weighted by Crippen LogP contribution is -2.66. The van der Waals surface area contributed by atoms with Gasteiger partial charge in [0.1, 0.15) is 37.6 Å². The van der Waals surface area contributed by atoms with Crippen LogP contribution < -0.4 is 15.1 Å². The van der Waals surface area contributed by atoms with Crippen LogP contribution in [0.2, 0.25) is 5.04 Å². The molecule has 0 unspecified atom stereocenters. The second-order valence-electron chi connectivity index (χ2n) is 13.0. The summed E-state index contributed by atoms with van der Waals surface area (Å²) >= 11 is 0. The highest BCUT2D eigenvalue weighted by Gasteiger charge is 2.50. The Bertz CT molecular complexity index is 1230. The summed E-state index contributed by atoms with van der Waals surface area (Å²) in [5, 5.41) is 25.1. The molecule has 0 spiro atoms. The Balaban J connectivity index is 1.68. The largest absolute Gasteiger partial charge is 0.497 e. The molecule has 0 bridgehead atoms. The molecule has 0 amide bonds. The molecule has 5 atom stereocenters. The van der Waals surface area contributed by atoms with Crippen LogP contribution in [0, 0.1) is 0 Å². The van der Waals surface area contributed by atoms with Crippen LogP contribution in [0.15, 0.2) is 84.9 Å². The zero-order chi connectivity index (χ0) is 35.0. The van der Waals surface area contributed by atoms with E-state index in [1.54, 1.807) is 14.0 Å². The zero-order valence-electron chi connectivity index (χ0n) is 29.7. The van der Waals surface area contributed by atoms with Crippen molar-refractivity contribution in [2.45, 2.75) is 89.1 Å². The molecule has 3 aromatic carbocycles. The first-order valence-electron chi connectivity index (χ1n) is 16.7. The van der Waals surface area contributed by atoms with Crippen molar-refractivity contribution in [2.24, 2.45) is 0 Å². The van der Waals surface area contributed by atoms with E-state index >= 15 is 0 Å². The van der Waals surface area contributed by atoms with E-state index < -0.39 is 38.8 Å². The first-order chi connectivity index (χ1) is 23.1. The third-order valence-electron chi connectivity index (χ3n) is 8.60. The molecule has 0 saturated carbocycles. The lowest BCUT2D eigenvalue weighted by atomic mass is 9.96. The molecule has 3 aromatic rings. The average molecular weight is 685 g/mol. The van der Waals surface area contributed by atoms with Crippen LogP contribution in [0.25, 0.3) is 0 Å². The van der Waals surface area contributed by atoms with E-state index in [1.807, 2.05) is 36.4 Å². The molecule has 0 aliphatic rings. The van der Waals surface area contributed by atoms with Crippen LogP contribution in [0.3, 0.4) is 0 Å². The van der Waals surface area contributed by atoms with Gasteiger partial charge in [0.05, 0.1) is 25.9 Å². The predicted molar refractivity (Wildman–Crippen MR) is 190 cm³/mol. The molecule has 266 valence electrons. The molecule has 0 aliphatic carbocycles. The predicted octanol–water partition coefficient (Wildman–Crippen LogP) is 5.05. The monoisotopic (exact) mass is 684 g/mol. The second-order valence-corrected chi connectivity index (χ2v) is 17.3. The van der Waals surface area contributed by atoms with E-state index in [1.165, 1.54) is 24.6 Å². The van der Waals surface area contributed by atoms with E-state index in [0.29, 0.717) is 19.4 Å². The first kappa shape index (κ1) is 39.8. The molecule has 0 saturated heterocycles. The zero-order valence-corrected chi connectivity index (χ0v) is 30.7. The quantitative estimate of drug-likeness (QED) is 0.0855. The van der Waals surface area contributed by atoms with Gasteiger partial charge >= 0.3 is 0 Å². The Labute approximate surface area is 288 Å². The maximum absolute atomic E-state index is 11.4. The Kier molecular flexibility index (Phi) is 16.7. The summed E-state index contributed by atoms with van der Waals surface area (Å²) in [7, 11) is 1.99. The summed E-state index contributed by atoms with van der Waals surface area (Å²) in [5.41, 5.74) is 0.935. The van der Waals surface area contributed by atoms with Crippen LogP contribution >= 0.6 is 0 Å². The number of unbranched alkanes of at least 4 members (excludes halogenated alkanes) is 1. The van der Waals surface area contributed by atoms with Crippen LogP contribution in [-0.2, 0) is 34.7 Å². The van der Waals surface area contributed by atoms with Crippen LogP contribution in [-0.4, -0.2) is 90.6 Å². The van der Waals surface area contributed by atoms with Crippen molar-refractivity contribution < 1.29 is 43.1 Å². The maximum atomic E-state index is 11.4. The van der Waals surface area contributed by atoms with Crippen molar-refractivity contribution in [3.8, 4) is 5.75 Å². The van der Waals surface area contributed by atoms with Gasteiger partial charge in [-0.2, -0.15) is 0 Å². The minimum Gasteiger partial charge on any atom is -0.497 e. The van der Waals surface area contributed by atoms with Gasteiger partial charge in [-0.15, -0.1) is 0 Å². The van der Waals surface area contributed by atoms with Gasteiger partial charge in [-0.3, -0.25) is 0 Å². The molecule has 2 N–H and O–H groups in total.